The van der Waals surface area contributed by atoms with Crippen molar-refractivity contribution in [3.8, 4) is 0 Å². The van der Waals surface area contributed by atoms with Crippen LogP contribution < -0.4 is 5.32 Å². The third-order valence-electron chi connectivity index (χ3n) is 2.77. The second kappa shape index (κ2) is 5.96. The van der Waals surface area contributed by atoms with Crippen molar-refractivity contribution in [1.82, 2.24) is 15.3 Å². The monoisotopic (exact) mass is 335 g/mol. The molecule has 2 aromatic heterocycles. The second-order valence-corrected chi connectivity index (χ2v) is 4.74. The summed E-state index contributed by atoms with van der Waals surface area (Å²) in [6.45, 7) is 2.13. The maximum Gasteiger partial charge on any atom is 0.159 e. The van der Waals surface area contributed by atoms with E-state index in [2.05, 4.69) is 43.3 Å². The average Bonchev–Trinajstić information content (AvgIpc) is 2.14. The number of nitrogens with zero attached hydrogens (tertiary/aromatic N) is 2. The lowest BCUT2D eigenvalue weighted by molar-refractivity contribution is 0.448. The van der Waals surface area contributed by atoms with Crippen molar-refractivity contribution in [3.05, 3.63) is 34.6 Å². The van der Waals surface area contributed by atoms with E-state index in [1.807, 2.05) is 6.20 Å². The van der Waals surface area contributed by atoms with Gasteiger partial charge in [-0.25, -0.2) is 9.97 Å². The number of rotatable bonds is 1. The summed E-state index contributed by atoms with van der Waals surface area (Å²) in [5.74, 6) is 0.626. The Balaban J connectivity index is 0.000000722. The largest absolute Gasteiger partial charge is 0.315 e. The number of nitrogens with one attached hydrogen (secondary N) is 1. The van der Waals surface area contributed by atoms with Gasteiger partial charge in [0.05, 0.1) is 0 Å². The lowest BCUT2D eigenvalue weighted by Crippen LogP contribution is -2.39. The summed E-state index contributed by atoms with van der Waals surface area (Å²) in [6, 6.07) is 4.25. The van der Waals surface area contributed by atoms with Crippen LogP contribution in [0.25, 0.3) is 11.0 Å². The molecule has 0 atom stereocenters. The van der Waals surface area contributed by atoms with Gasteiger partial charge in [-0.05, 0) is 33.6 Å². The molecule has 1 fully saturated rings. The standard InChI is InChI=1S/C11H10BrN3.2ClH/c12-10-2-7-1-8(9-3-13-4-9)5-14-11(7)15-6-10;;/h1-2,5-6,9,13H,3-4H2;2*1H. The van der Waals surface area contributed by atoms with Crippen molar-refractivity contribution in [2.24, 2.45) is 0 Å². The Hall–Kier alpha value is -0.420. The average molecular weight is 337 g/mol. The molecule has 0 aliphatic carbocycles. The number of aromatic nitrogens is 2. The summed E-state index contributed by atoms with van der Waals surface area (Å²) in [5.41, 5.74) is 2.12. The molecule has 6 heteroatoms. The number of hydrogen-bond donors (Lipinski definition) is 1. The van der Waals surface area contributed by atoms with Crippen LogP contribution in [0.1, 0.15) is 11.5 Å². The number of hydrogen-bond acceptors (Lipinski definition) is 3. The van der Waals surface area contributed by atoms with Crippen LogP contribution in [0, 0.1) is 0 Å². The Bertz CT molecular complexity index is 517. The lowest BCUT2D eigenvalue weighted by Gasteiger charge is -2.27. The Morgan fingerprint density at radius 3 is 2.47 bits per heavy atom. The molecular formula is C11H12BrCl2N3. The number of pyridine rings is 2. The highest BCUT2D eigenvalue weighted by atomic mass is 79.9. The van der Waals surface area contributed by atoms with Gasteiger partial charge in [-0.15, -0.1) is 24.8 Å². The minimum atomic E-state index is 0. The number of fused-ring (bicyclic) bond motifs is 1. The predicted molar refractivity (Wildman–Crippen MR) is 77.3 cm³/mol. The molecule has 3 heterocycles. The zero-order valence-corrected chi connectivity index (χ0v) is 12.1. The van der Waals surface area contributed by atoms with Gasteiger partial charge in [-0.3, -0.25) is 0 Å². The van der Waals surface area contributed by atoms with Crippen LogP contribution in [0.5, 0.6) is 0 Å². The van der Waals surface area contributed by atoms with Gasteiger partial charge in [0.25, 0.3) is 0 Å². The van der Waals surface area contributed by atoms with Crippen molar-refractivity contribution in [1.29, 1.82) is 0 Å². The highest BCUT2D eigenvalue weighted by molar-refractivity contribution is 9.10. The SMILES string of the molecule is Brc1cnc2ncc(C3CNC3)cc2c1.Cl.Cl. The molecule has 2 aromatic rings. The molecule has 1 saturated heterocycles. The zero-order valence-electron chi connectivity index (χ0n) is 8.89. The fourth-order valence-electron chi connectivity index (χ4n) is 1.76. The van der Waals surface area contributed by atoms with E-state index in [4.69, 9.17) is 0 Å². The van der Waals surface area contributed by atoms with Crippen LogP contribution in [0.15, 0.2) is 29.0 Å². The lowest BCUT2D eigenvalue weighted by atomic mass is 9.95. The third-order valence-corrected chi connectivity index (χ3v) is 3.21. The minimum Gasteiger partial charge on any atom is -0.315 e. The van der Waals surface area contributed by atoms with Crippen molar-refractivity contribution in [2.75, 3.05) is 13.1 Å². The quantitative estimate of drug-likeness (QED) is 0.870. The molecule has 0 aromatic carbocycles. The normalized spacial score (nSPS) is 14.6. The highest BCUT2D eigenvalue weighted by Crippen LogP contribution is 2.23. The van der Waals surface area contributed by atoms with Crippen LogP contribution in [0.4, 0.5) is 0 Å². The first-order valence-corrected chi connectivity index (χ1v) is 5.74. The van der Waals surface area contributed by atoms with E-state index < -0.39 is 0 Å². The Labute approximate surface area is 120 Å². The maximum absolute atomic E-state index is 4.37. The summed E-state index contributed by atoms with van der Waals surface area (Å²) in [5, 5.41) is 4.37. The fourth-order valence-corrected chi connectivity index (χ4v) is 2.11. The first kappa shape index (κ1) is 14.6. The Morgan fingerprint density at radius 1 is 1.12 bits per heavy atom. The molecule has 1 N–H and O–H groups in total. The molecule has 0 amide bonds. The van der Waals surface area contributed by atoms with E-state index >= 15 is 0 Å². The van der Waals surface area contributed by atoms with E-state index in [-0.39, 0.29) is 24.8 Å². The smallest absolute Gasteiger partial charge is 0.159 e. The summed E-state index contributed by atoms with van der Waals surface area (Å²) < 4.78 is 1.00. The fraction of sp³-hybridized carbons (Fsp3) is 0.273. The van der Waals surface area contributed by atoms with Crippen LogP contribution in [-0.2, 0) is 0 Å². The molecule has 3 rings (SSSR count). The first-order valence-electron chi connectivity index (χ1n) is 4.95. The Morgan fingerprint density at radius 2 is 1.82 bits per heavy atom. The zero-order chi connectivity index (χ0) is 10.3. The van der Waals surface area contributed by atoms with Gasteiger partial charge >= 0.3 is 0 Å². The van der Waals surface area contributed by atoms with Crippen LogP contribution in [-0.4, -0.2) is 23.1 Å². The molecule has 0 bridgehead atoms. The van der Waals surface area contributed by atoms with E-state index in [1.165, 1.54) is 5.56 Å². The van der Waals surface area contributed by atoms with Gasteiger partial charge in [0.1, 0.15) is 0 Å². The van der Waals surface area contributed by atoms with Crippen molar-refractivity contribution in [2.45, 2.75) is 5.92 Å². The van der Waals surface area contributed by atoms with Crippen molar-refractivity contribution in [3.63, 3.8) is 0 Å². The first-order chi connectivity index (χ1) is 7.33. The Kier molecular flexibility index (Phi) is 5.13. The van der Waals surface area contributed by atoms with E-state index in [0.717, 1.165) is 28.6 Å². The van der Waals surface area contributed by atoms with Gasteiger partial charge in [-0.1, -0.05) is 0 Å². The summed E-state index contributed by atoms with van der Waals surface area (Å²) in [4.78, 5) is 8.62. The van der Waals surface area contributed by atoms with Crippen LogP contribution >= 0.6 is 40.7 Å². The molecule has 0 unspecified atom stereocenters. The maximum atomic E-state index is 4.37. The summed E-state index contributed by atoms with van der Waals surface area (Å²) in [7, 11) is 0. The molecule has 0 radical (unpaired) electrons. The van der Waals surface area contributed by atoms with Gasteiger partial charge in [0.15, 0.2) is 5.65 Å². The van der Waals surface area contributed by atoms with Gasteiger partial charge < -0.3 is 5.32 Å². The second-order valence-electron chi connectivity index (χ2n) is 3.82. The van der Waals surface area contributed by atoms with Crippen LogP contribution in [0.3, 0.4) is 0 Å². The topological polar surface area (TPSA) is 37.8 Å². The minimum absolute atomic E-state index is 0. The molecular weight excluding hydrogens is 325 g/mol. The van der Waals surface area contributed by atoms with Crippen molar-refractivity contribution < 1.29 is 0 Å². The predicted octanol–water partition coefficient (Wildman–Crippen LogP) is 2.92. The van der Waals surface area contributed by atoms with Gasteiger partial charge in [0, 0.05) is 41.3 Å². The molecule has 1 aliphatic heterocycles. The van der Waals surface area contributed by atoms with Crippen molar-refractivity contribution >= 4 is 51.8 Å². The summed E-state index contributed by atoms with van der Waals surface area (Å²) >= 11 is 3.42. The third kappa shape index (κ3) is 2.88. The van der Waals surface area contributed by atoms with E-state index in [9.17, 15) is 0 Å². The summed E-state index contributed by atoms with van der Waals surface area (Å²) in [6.07, 6.45) is 3.72. The number of halogens is 3. The molecule has 3 nitrogen and oxygen atoms in total. The molecule has 1 aliphatic rings. The van der Waals surface area contributed by atoms with Gasteiger partial charge in [-0.2, -0.15) is 0 Å². The molecule has 17 heavy (non-hydrogen) atoms. The molecule has 0 spiro atoms. The molecule has 0 saturated carbocycles. The highest BCUT2D eigenvalue weighted by Gasteiger charge is 2.19. The van der Waals surface area contributed by atoms with Crippen LogP contribution in [0.2, 0.25) is 0 Å². The van der Waals surface area contributed by atoms with Gasteiger partial charge in [0.2, 0.25) is 0 Å². The molecule has 92 valence electrons. The van der Waals surface area contributed by atoms with E-state index in [1.54, 1.807) is 6.20 Å². The van der Waals surface area contributed by atoms with E-state index in [0.29, 0.717) is 5.92 Å².